The van der Waals surface area contributed by atoms with Gasteiger partial charge in [-0.3, -0.25) is 0 Å². The van der Waals surface area contributed by atoms with Crippen molar-refractivity contribution in [1.82, 2.24) is 4.72 Å². The Morgan fingerprint density at radius 1 is 1.38 bits per heavy atom. The topological polar surface area (TPSA) is 46.2 Å². The molecule has 0 radical (unpaired) electrons. The zero-order valence-corrected chi connectivity index (χ0v) is 12.0. The zero-order chi connectivity index (χ0) is 12.3. The summed E-state index contributed by atoms with van der Waals surface area (Å²) in [5, 5.41) is 0.594. The maximum Gasteiger partial charge on any atom is 0.241 e. The summed E-state index contributed by atoms with van der Waals surface area (Å²) in [5.41, 5.74) is 1.71. The van der Waals surface area contributed by atoms with Crippen LogP contribution in [0.25, 0.3) is 0 Å². The van der Waals surface area contributed by atoms with E-state index in [-0.39, 0.29) is 6.04 Å². The number of sulfonamides is 1. The molecule has 1 rings (SSSR count). The molecule has 3 nitrogen and oxygen atoms in total. The lowest BCUT2D eigenvalue weighted by molar-refractivity contribution is 0.570. The normalized spacial score (nSPS) is 13.8. The van der Waals surface area contributed by atoms with Crippen LogP contribution in [0.1, 0.15) is 18.1 Å². The summed E-state index contributed by atoms with van der Waals surface area (Å²) < 4.78 is 26.7. The maximum absolute atomic E-state index is 12.0. The summed E-state index contributed by atoms with van der Waals surface area (Å²) in [4.78, 5) is 0.361. The predicted molar refractivity (Wildman–Crippen MR) is 69.5 cm³/mol. The van der Waals surface area contributed by atoms with Crippen molar-refractivity contribution in [3.05, 3.63) is 29.3 Å². The molecule has 0 aliphatic heterocycles. The first-order valence-electron chi connectivity index (χ1n) is 5.02. The van der Waals surface area contributed by atoms with E-state index in [2.05, 4.69) is 20.7 Å². The smallest absolute Gasteiger partial charge is 0.208 e. The minimum Gasteiger partial charge on any atom is -0.208 e. The highest BCUT2D eigenvalue weighted by Crippen LogP contribution is 2.17. The summed E-state index contributed by atoms with van der Waals surface area (Å²) >= 11 is 3.25. The lowest BCUT2D eigenvalue weighted by Crippen LogP contribution is -2.34. The first kappa shape index (κ1) is 13.7. The Hall–Kier alpha value is -0.390. The fourth-order valence-corrected chi connectivity index (χ4v) is 3.31. The molecule has 16 heavy (non-hydrogen) atoms. The van der Waals surface area contributed by atoms with Gasteiger partial charge in [0.15, 0.2) is 0 Å². The van der Waals surface area contributed by atoms with Gasteiger partial charge in [-0.05, 0) is 38.0 Å². The third-order valence-electron chi connectivity index (χ3n) is 2.22. The molecule has 5 heteroatoms. The molecular formula is C11H16BrNO2S. The van der Waals surface area contributed by atoms with E-state index in [4.69, 9.17) is 0 Å². The molecule has 0 aliphatic rings. The molecular weight excluding hydrogens is 290 g/mol. The predicted octanol–water partition coefficient (Wildman–Crippen LogP) is 2.37. The Morgan fingerprint density at radius 2 is 2.00 bits per heavy atom. The highest BCUT2D eigenvalue weighted by Gasteiger charge is 2.18. The molecule has 1 N–H and O–H groups in total. The van der Waals surface area contributed by atoms with Crippen molar-refractivity contribution in [1.29, 1.82) is 0 Å². The van der Waals surface area contributed by atoms with Crippen LogP contribution in [0.3, 0.4) is 0 Å². The number of aryl methyl sites for hydroxylation is 2. The molecule has 0 spiro atoms. The number of alkyl halides is 1. The Morgan fingerprint density at radius 3 is 2.56 bits per heavy atom. The van der Waals surface area contributed by atoms with Crippen molar-refractivity contribution >= 4 is 26.0 Å². The second-order valence-electron chi connectivity index (χ2n) is 3.95. The van der Waals surface area contributed by atoms with Crippen molar-refractivity contribution in [2.24, 2.45) is 0 Å². The molecule has 0 aromatic heterocycles. The van der Waals surface area contributed by atoms with Crippen LogP contribution in [0, 0.1) is 13.8 Å². The molecule has 1 unspecified atom stereocenters. The second kappa shape index (κ2) is 5.29. The fourth-order valence-electron chi connectivity index (χ4n) is 1.36. The number of hydrogen-bond donors (Lipinski definition) is 1. The van der Waals surface area contributed by atoms with Crippen LogP contribution < -0.4 is 4.72 Å². The average molecular weight is 306 g/mol. The number of halogens is 1. The maximum atomic E-state index is 12.0. The van der Waals surface area contributed by atoms with Gasteiger partial charge in [0.2, 0.25) is 10.0 Å². The van der Waals surface area contributed by atoms with E-state index in [0.717, 1.165) is 11.1 Å². The average Bonchev–Trinajstić information content (AvgIpc) is 2.20. The first-order valence-corrected chi connectivity index (χ1v) is 7.63. The van der Waals surface area contributed by atoms with Crippen molar-refractivity contribution < 1.29 is 8.42 Å². The van der Waals surface area contributed by atoms with Gasteiger partial charge in [0.1, 0.15) is 0 Å². The number of nitrogens with one attached hydrogen (secondary N) is 1. The summed E-state index contributed by atoms with van der Waals surface area (Å²) in [6.45, 7) is 5.50. The van der Waals surface area contributed by atoms with Crippen molar-refractivity contribution in [3.8, 4) is 0 Å². The van der Waals surface area contributed by atoms with Gasteiger partial charge in [0, 0.05) is 11.4 Å². The Balaban J connectivity index is 3.12. The molecule has 1 aromatic rings. The van der Waals surface area contributed by atoms with Crippen LogP contribution in [-0.2, 0) is 10.0 Å². The summed E-state index contributed by atoms with van der Waals surface area (Å²) in [7, 11) is -3.40. The first-order chi connectivity index (χ1) is 7.36. The Bertz CT molecular complexity index is 471. The van der Waals surface area contributed by atoms with E-state index in [1.54, 1.807) is 13.0 Å². The van der Waals surface area contributed by atoms with Gasteiger partial charge >= 0.3 is 0 Å². The van der Waals surface area contributed by atoms with Gasteiger partial charge < -0.3 is 0 Å². The van der Waals surface area contributed by atoms with Crippen molar-refractivity contribution in [2.75, 3.05) is 5.33 Å². The van der Waals surface area contributed by atoms with Crippen LogP contribution in [-0.4, -0.2) is 19.8 Å². The molecule has 0 aliphatic carbocycles. The van der Waals surface area contributed by atoms with E-state index in [0.29, 0.717) is 10.2 Å². The monoisotopic (exact) mass is 305 g/mol. The highest BCUT2D eigenvalue weighted by atomic mass is 79.9. The van der Waals surface area contributed by atoms with Gasteiger partial charge in [-0.1, -0.05) is 28.1 Å². The summed E-state index contributed by atoms with van der Waals surface area (Å²) in [6.07, 6.45) is 0. The van der Waals surface area contributed by atoms with E-state index in [1.807, 2.05) is 26.0 Å². The van der Waals surface area contributed by atoms with Gasteiger partial charge in [0.25, 0.3) is 0 Å². The summed E-state index contributed by atoms with van der Waals surface area (Å²) in [6, 6.07) is 5.30. The minimum absolute atomic E-state index is 0.120. The second-order valence-corrected chi connectivity index (χ2v) is 6.28. The largest absolute Gasteiger partial charge is 0.241 e. The van der Waals surface area contributed by atoms with Crippen LogP contribution in [0.2, 0.25) is 0 Å². The van der Waals surface area contributed by atoms with Crippen LogP contribution in [0.4, 0.5) is 0 Å². The SMILES string of the molecule is Cc1ccc(C)c(S(=O)(=O)NC(C)CBr)c1. The molecule has 90 valence electrons. The van der Waals surface area contributed by atoms with E-state index >= 15 is 0 Å². The third kappa shape index (κ3) is 3.30. The van der Waals surface area contributed by atoms with Crippen molar-refractivity contribution in [2.45, 2.75) is 31.7 Å². The van der Waals surface area contributed by atoms with Crippen molar-refractivity contribution in [3.63, 3.8) is 0 Å². The summed E-state index contributed by atoms with van der Waals surface area (Å²) in [5.74, 6) is 0. The Kier molecular flexibility index (Phi) is 4.52. The minimum atomic E-state index is -3.40. The van der Waals surface area contributed by atoms with Gasteiger partial charge in [-0.15, -0.1) is 0 Å². The highest BCUT2D eigenvalue weighted by molar-refractivity contribution is 9.09. The molecule has 0 amide bonds. The quantitative estimate of drug-likeness (QED) is 0.868. The number of benzene rings is 1. The van der Waals surface area contributed by atoms with Gasteiger partial charge in [-0.25, -0.2) is 13.1 Å². The molecule has 0 saturated heterocycles. The van der Waals surface area contributed by atoms with Crippen LogP contribution >= 0.6 is 15.9 Å². The number of rotatable bonds is 4. The molecule has 0 bridgehead atoms. The lowest BCUT2D eigenvalue weighted by atomic mass is 10.2. The third-order valence-corrected chi connectivity index (χ3v) is 4.92. The van der Waals surface area contributed by atoms with E-state index in [1.165, 1.54) is 0 Å². The van der Waals surface area contributed by atoms with E-state index in [9.17, 15) is 8.42 Å². The fraction of sp³-hybridized carbons (Fsp3) is 0.455. The van der Waals surface area contributed by atoms with Gasteiger partial charge in [-0.2, -0.15) is 0 Å². The lowest BCUT2D eigenvalue weighted by Gasteiger charge is -2.13. The molecule has 0 fully saturated rings. The number of hydrogen-bond acceptors (Lipinski definition) is 2. The van der Waals surface area contributed by atoms with Gasteiger partial charge in [0.05, 0.1) is 4.90 Å². The van der Waals surface area contributed by atoms with Crippen LogP contribution in [0.5, 0.6) is 0 Å². The molecule has 1 atom stereocenters. The van der Waals surface area contributed by atoms with E-state index < -0.39 is 10.0 Å². The standard InChI is InChI=1S/C11H16BrNO2S/c1-8-4-5-9(2)11(6-8)16(14,15)13-10(3)7-12/h4-6,10,13H,7H2,1-3H3. The molecule has 0 heterocycles. The Labute approximate surface area is 105 Å². The molecule has 0 saturated carbocycles. The van der Waals surface area contributed by atoms with Crippen LogP contribution in [0.15, 0.2) is 23.1 Å². The zero-order valence-electron chi connectivity index (χ0n) is 9.62. The molecule has 1 aromatic carbocycles.